The number of aryl methyl sites for hydroxylation is 1. The fourth-order valence-corrected chi connectivity index (χ4v) is 4.27. The minimum absolute atomic E-state index is 0.0402. The number of amides is 1. The van der Waals surface area contributed by atoms with E-state index in [4.69, 9.17) is 11.6 Å². The van der Waals surface area contributed by atoms with Crippen LogP contribution in [0, 0.1) is 19.7 Å². The summed E-state index contributed by atoms with van der Waals surface area (Å²) >= 11 is 6.87. The van der Waals surface area contributed by atoms with Gasteiger partial charge in [-0.2, -0.15) is 0 Å². The van der Waals surface area contributed by atoms with Crippen LogP contribution in [0.5, 0.6) is 0 Å². The number of hydrogen-bond donors (Lipinski definition) is 1. The van der Waals surface area contributed by atoms with Gasteiger partial charge < -0.3 is 5.32 Å². The predicted octanol–water partition coefficient (Wildman–Crippen LogP) is 5.53. The quantitative estimate of drug-likeness (QED) is 0.310. The lowest BCUT2D eigenvalue weighted by molar-refractivity contribution is -0.113. The molecule has 32 heavy (non-hydrogen) atoms. The molecule has 0 spiro atoms. The summed E-state index contributed by atoms with van der Waals surface area (Å²) < 4.78 is 15.5. The number of carbonyl (C=O) groups is 1. The van der Waals surface area contributed by atoms with Crippen molar-refractivity contribution in [3.05, 3.63) is 93.0 Å². The molecule has 0 saturated heterocycles. The van der Waals surface area contributed by atoms with E-state index in [0.717, 1.165) is 29.0 Å². The van der Waals surface area contributed by atoms with Crippen LogP contribution >= 0.6 is 23.4 Å². The Hall–Kier alpha value is -3.16. The smallest absolute Gasteiger partial charge is 0.266 e. The highest BCUT2D eigenvalue weighted by atomic mass is 35.5. The third-order valence-electron chi connectivity index (χ3n) is 5.10. The molecule has 8 heteroatoms. The van der Waals surface area contributed by atoms with Gasteiger partial charge in [0.2, 0.25) is 5.91 Å². The van der Waals surface area contributed by atoms with Crippen LogP contribution in [0.1, 0.15) is 11.1 Å². The van der Waals surface area contributed by atoms with Gasteiger partial charge in [0.1, 0.15) is 5.82 Å². The maximum Gasteiger partial charge on any atom is 0.266 e. The number of anilines is 1. The van der Waals surface area contributed by atoms with Crippen LogP contribution in [0.4, 0.5) is 10.1 Å². The predicted molar refractivity (Wildman–Crippen MR) is 128 cm³/mol. The molecule has 0 atom stereocenters. The fourth-order valence-electron chi connectivity index (χ4n) is 3.31. The first-order valence-electron chi connectivity index (χ1n) is 9.81. The Kier molecular flexibility index (Phi) is 6.30. The first-order chi connectivity index (χ1) is 15.3. The van der Waals surface area contributed by atoms with Crippen molar-refractivity contribution >= 4 is 45.9 Å². The molecule has 4 rings (SSSR count). The van der Waals surface area contributed by atoms with E-state index in [1.54, 1.807) is 18.2 Å². The molecule has 0 aliphatic carbocycles. The van der Waals surface area contributed by atoms with Crippen molar-refractivity contribution in [2.45, 2.75) is 19.0 Å². The standard InChI is InChI=1S/C24H19ClFN3O2S/c1-14-6-5-9-21(15(14)2)29-23(31)17-7-3-4-8-19(17)28-24(29)32-13-22(30)27-20-11-10-16(25)12-18(20)26/h3-12H,13H2,1-2H3,(H,27,30). The summed E-state index contributed by atoms with van der Waals surface area (Å²) in [6, 6.07) is 16.8. The number of hydrogen-bond acceptors (Lipinski definition) is 4. The summed E-state index contributed by atoms with van der Waals surface area (Å²) in [5, 5.41) is 3.65. The highest BCUT2D eigenvalue weighted by Gasteiger charge is 2.17. The van der Waals surface area contributed by atoms with E-state index in [9.17, 15) is 14.0 Å². The van der Waals surface area contributed by atoms with Crippen LogP contribution in [0.3, 0.4) is 0 Å². The van der Waals surface area contributed by atoms with Gasteiger partial charge in [-0.3, -0.25) is 14.2 Å². The van der Waals surface area contributed by atoms with Gasteiger partial charge >= 0.3 is 0 Å². The largest absolute Gasteiger partial charge is 0.323 e. The van der Waals surface area contributed by atoms with Crippen LogP contribution in [-0.2, 0) is 4.79 Å². The molecular formula is C24H19ClFN3O2S. The van der Waals surface area contributed by atoms with Crippen molar-refractivity contribution in [2.75, 3.05) is 11.1 Å². The minimum atomic E-state index is -0.619. The van der Waals surface area contributed by atoms with Crippen LogP contribution in [0.2, 0.25) is 5.02 Å². The molecule has 1 aromatic heterocycles. The lowest BCUT2D eigenvalue weighted by Crippen LogP contribution is -2.23. The monoisotopic (exact) mass is 467 g/mol. The van der Waals surface area contributed by atoms with Gasteiger partial charge in [0.05, 0.1) is 28.0 Å². The topological polar surface area (TPSA) is 64.0 Å². The molecule has 0 aliphatic rings. The summed E-state index contributed by atoms with van der Waals surface area (Å²) in [5.41, 5.74) is 3.07. The van der Waals surface area contributed by atoms with E-state index in [-0.39, 0.29) is 22.0 Å². The number of benzene rings is 3. The van der Waals surface area contributed by atoms with E-state index < -0.39 is 11.7 Å². The van der Waals surface area contributed by atoms with Crippen molar-refractivity contribution in [3.63, 3.8) is 0 Å². The van der Waals surface area contributed by atoms with E-state index in [1.807, 2.05) is 38.1 Å². The lowest BCUT2D eigenvalue weighted by atomic mass is 10.1. The summed E-state index contributed by atoms with van der Waals surface area (Å²) in [6.45, 7) is 3.91. The number of rotatable bonds is 5. The van der Waals surface area contributed by atoms with Crippen molar-refractivity contribution in [3.8, 4) is 5.69 Å². The van der Waals surface area contributed by atoms with Gasteiger partial charge in [0.25, 0.3) is 5.56 Å². The van der Waals surface area contributed by atoms with E-state index in [0.29, 0.717) is 21.7 Å². The molecule has 1 amide bonds. The van der Waals surface area contributed by atoms with Gasteiger partial charge in [-0.05, 0) is 61.4 Å². The SMILES string of the molecule is Cc1cccc(-n2c(SCC(=O)Nc3ccc(Cl)cc3F)nc3ccccc3c2=O)c1C. The van der Waals surface area contributed by atoms with Crippen molar-refractivity contribution in [2.24, 2.45) is 0 Å². The second-order valence-corrected chi connectivity index (χ2v) is 8.61. The molecule has 162 valence electrons. The Balaban J connectivity index is 1.70. The number of halogens is 2. The molecule has 0 aliphatic heterocycles. The average Bonchev–Trinajstić information content (AvgIpc) is 2.77. The van der Waals surface area contributed by atoms with Gasteiger partial charge in [-0.25, -0.2) is 9.37 Å². The van der Waals surface area contributed by atoms with Crippen LogP contribution in [0.15, 0.2) is 70.6 Å². The second-order valence-electron chi connectivity index (χ2n) is 7.23. The first kappa shape index (κ1) is 22.0. The zero-order valence-electron chi connectivity index (χ0n) is 17.4. The molecule has 4 aromatic rings. The maximum atomic E-state index is 14.0. The second kappa shape index (κ2) is 9.14. The average molecular weight is 468 g/mol. The van der Waals surface area contributed by atoms with E-state index in [2.05, 4.69) is 10.3 Å². The third-order valence-corrected chi connectivity index (χ3v) is 6.27. The molecule has 0 saturated carbocycles. The highest BCUT2D eigenvalue weighted by molar-refractivity contribution is 7.99. The normalized spacial score (nSPS) is 11.0. The first-order valence-corrected chi connectivity index (χ1v) is 11.2. The van der Waals surface area contributed by atoms with E-state index >= 15 is 0 Å². The summed E-state index contributed by atoms with van der Waals surface area (Å²) in [4.78, 5) is 30.5. The Morgan fingerprint density at radius 2 is 1.91 bits per heavy atom. The van der Waals surface area contributed by atoms with Gasteiger partial charge in [-0.1, -0.05) is 47.6 Å². The Bertz CT molecular complexity index is 1400. The molecule has 1 heterocycles. The Labute approximate surface area is 193 Å². The maximum absolute atomic E-state index is 14.0. The van der Waals surface area contributed by atoms with Crippen molar-refractivity contribution < 1.29 is 9.18 Å². The van der Waals surface area contributed by atoms with Gasteiger partial charge in [0.15, 0.2) is 5.16 Å². The zero-order valence-corrected chi connectivity index (χ0v) is 18.9. The highest BCUT2D eigenvalue weighted by Crippen LogP contribution is 2.25. The van der Waals surface area contributed by atoms with Crippen molar-refractivity contribution in [1.82, 2.24) is 9.55 Å². The molecule has 5 nitrogen and oxygen atoms in total. The molecule has 0 bridgehead atoms. The number of carbonyl (C=O) groups excluding carboxylic acids is 1. The van der Waals surface area contributed by atoms with Gasteiger partial charge in [-0.15, -0.1) is 0 Å². The molecule has 0 radical (unpaired) electrons. The van der Waals surface area contributed by atoms with Crippen LogP contribution < -0.4 is 10.9 Å². The van der Waals surface area contributed by atoms with Crippen molar-refractivity contribution in [1.29, 1.82) is 0 Å². The fraction of sp³-hybridized carbons (Fsp3) is 0.125. The third kappa shape index (κ3) is 4.40. The van der Waals surface area contributed by atoms with Gasteiger partial charge in [0, 0.05) is 5.02 Å². The van der Waals surface area contributed by atoms with E-state index in [1.165, 1.54) is 16.7 Å². The lowest BCUT2D eigenvalue weighted by Gasteiger charge is -2.16. The number of fused-ring (bicyclic) bond motifs is 1. The number of para-hydroxylation sites is 1. The van der Waals surface area contributed by atoms with Crippen LogP contribution in [-0.4, -0.2) is 21.2 Å². The summed E-state index contributed by atoms with van der Waals surface area (Å²) in [5.74, 6) is -1.10. The zero-order chi connectivity index (χ0) is 22.8. The summed E-state index contributed by atoms with van der Waals surface area (Å²) in [6.07, 6.45) is 0. The number of nitrogens with zero attached hydrogens (tertiary/aromatic N) is 2. The molecule has 0 unspecified atom stereocenters. The Morgan fingerprint density at radius 3 is 2.69 bits per heavy atom. The van der Waals surface area contributed by atoms with Crippen LogP contribution in [0.25, 0.3) is 16.6 Å². The molecule has 0 fully saturated rings. The summed E-state index contributed by atoms with van der Waals surface area (Å²) in [7, 11) is 0. The number of aromatic nitrogens is 2. The number of thioether (sulfide) groups is 1. The Morgan fingerprint density at radius 1 is 1.12 bits per heavy atom. The molecule has 1 N–H and O–H groups in total. The molecular weight excluding hydrogens is 449 g/mol. The minimum Gasteiger partial charge on any atom is -0.323 e. The molecule has 3 aromatic carbocycles. The number of nitrogens with one attached hydrogen (secondary N) is 1.